The molecule has 118 valence electrons. The van der Waals surface area contributed by atoms with Crippen LogP contribution in [-0.2, 0) is 22.4 Å². The van der Waals surface area contributed by atoms with Gasteiger partial charge in [0, 0.05) is 11.6 Å². The van der Waals surface area contributed by atoms with E-state index in [0.717, 1.165) is 18.5 Å². The van der Waals surface area contributed by atoms with Crippen LogP contribution in [0.2, 0.25) is 0 Å². The number of hydrogen-bond donors (Lipinski definition) is 2. The van der Waals surface area contributed by atoms with Gasteiger partial charge in [0.05, 0.1) is 5.92 Å². The Morgan fingerprint density at radius 2 is 1.68 bits per heavy atom. The van der Waals surface area contributed by atoms with Gasteiger partial charge in [0.25, 0.3) is 0 Å². The predicted octanol–water partition coefficient (Wildman–Crippen LogP) is 3.39. The number of anilines is 1. The summed E-state index contributed by atoms with van der Waals surface area (Å²) in [7, 11) is 0. The smallest absolute Gasteiger partial charge is 0.306 e. The first-order chi connectivity index (χ1) is 10.6. The summed E-state index contributed by atoms with van der Waals surface area (Å²) >= 11 is 0. The van der Waals surface area contributed by atoms with Crippen LogP contribution < -0.4 is 5.32 Å². The van der Waals surface area contributed by atoms with E-state index in [1.54, 1.807) is 0 Å². The van der Waals surface area contributed by atoms with Gasteiger partial charge in [-0.25, -0.2) is 0 Å². The van der Waals surface area contributed by atoms with Gasteiger partial charge in [-0.05, 0) is 68.6 Å². The van der Waals surface area contributed by atoms with Crippen molar-refractivity contribution in [2.24, 2.45) is 11.8 Å². The van der Waals surface area contributed by atoms with Crippen LogP contribution in [0, 0.1) is 11.8 Å². The molecule has 0 heterocycles. The number of amides is 1. The number of nitrogens with one attached hydrogen (secondary N) is 1. The molecule has 1 amide bonds. The monoisotopic (exact) mass is 301 g/mol. The Morgan fingerprint density at radius 3 is 2.41 bits per heavy atom. The van der Waals surface area contributed by atoms with E-state index in [9.17, 15) is 9.59 Å². The highest BCUT2D eigenvalue weighted by atomic mass is 16.4. The molecule has 1 fully saturated rings. The molecule has 22 heavy (non-hydrogen) atoms. The molecule has 0 unspecified atom stereocenters. The van der Waals surface area contributed by atoms with E-state index < -0.39 is 5.97 Å². The molecule has 0 saturated heterocycles. The fourth-order valence-corrected chi connectivity index (χ4v) is 3.74. The molecule has 1 saturated carbocycles. The molecule has 1 aromatic carbocycles. The van der Waals surface area contributed by atoms with Crippen LogP contribution in [0.15, 0.2) is 18.2 Å². The number of benzene rings is 1. The van der Waals surface area contributed by atoms with Gasteiger partial charge in [-0.2, -0.15) is 0 Å². The SMILES string of the molecule is O=C(O)C1CCC(C(=O)Nc2cccc3c2CCCC3)CC1. The Hall–Kier alpha value is -1.84. The molecule has 2 aliphatic rings. The highest BCUT2D eigenvalue weighted by Gasteiger charge is 2.30. The topological polar surface area (TPSA) is 66.4 Å². The molecule has 2 aliphatic carbocycles. The van der Waals surface area contributed by atoms with E-state index in [1.165, 1.54) is 24.0 Å². The Labute approximate surface area is 130 Å². The number of hydrogen-bond acceptors (Lipinski definition) is 2. The minimum absolute atomic E-state index is 0.0463. The number of fused-ring (bicyclic) bond motifs is 1. The third-order valence-electron chi connectivity index (χ3n) is 5.10. The summed E-state index contributed by atoms with van der Waals surface area (Å²) in [6, 6.07) is 6.16. The Bertz CT molecular complexity index is 574. The molecule has 4 heteroatoms. The maximum absolute atomic E-state index is 12.5. The standard InChI is InChI=1S/C18H23NO3/c20-17(13-8-10-14(11-9-13)18(21)22)19-16-7-3-5-12-4-1-2-6-15(12)16/h3,5,7,13-14H,1-2,4,6,8-11H2,(H,19,20)(H,21,22). The lowest BCUT2D eigenvalue weighted by Gasteiger charge is -2.26. The molecule has 0 radical (unpaired) electrons. The third-order valence-corrected chi connectivity index (χ3v) is 5.10. The minimum atomic E-state index is -0.726. The van der Waals surface area contributed by atoms with Gasteiger partial charge in [-0.3, -0.25) is 9.59 Å². The van der Waals surface area contributed by atoms with Gasteiger partial charge in [-0.15, -0.1) is 0 Å². The summed E-state index contributed by atoms with van der Waals surface area (Å²) in [5.41, 5.74) is 3.61. The van der Waals surface area contributed by atoms with Gasteiger partial charge >= 0.3 is 5.97 Å². The number of carbonyl (C=O) groups excluding carboxylic acids is 1. The Balaban J connectivity index is 1.64. The first-order valence-corrected chi connectivity index (χ1v) is 8.29. The second kappa shape index (κ2) is 6.51. The van der Waals surface area contributed by atoms with Crippen LogP contribution in [0.4, 0.5) is 5.69 Å². The Kier molecular flexibility index (Phi) is 4.46. The van der Waals surface area contributed by atoms with Crippen molar-refractivity contribution in [1.29, 1.82) is 0 Å². The summed E-state index contributed by atoms with van der Waals surface area (Å²) in [6.07, 6.45) is 7.13. The largest absolute Gasteiger partial charge is 0.481 e. The highest BCUT2D eigenvalue weighted by molar-refractivity contribution is 5.93. The van der Waals surface area contributed by atoms with Crippen molar-refractivity contribution < 1.29 is 14.7 Å². The fourth-order valence-electron chi connectivity index (χ4n) is 3.74. The van der Waals surface area contributed by atoms with Crippen LogP contribution in [0.3, 0.4) is 0 Å². The molecule has 4 nitrogen and oxygen atoms in total. The molecule has 0 spiro atoms. The second-order valence-electron chi connectivity index (χ2n) is 6.53. The van der Waals surface area contributed by atoms with E-state index in [4.69, 9.17) is 5.11 Å². The lowest BCUT2D eigenvalue weighted by molar-refractivity contribution is -0.143. The van der Waals surface area contributed by atoms with Crippen LogP contribution in [0.25, 0.3) is 0 Å². The number of carboxylic acid groups (broad SMARTS) is 1. The minimum Gasteiger partial charge on any atom is -0.481 e. The lowest BCUT2D eigenvalue weighted by atomic mass is 9.81. The zero-order chi connectivity index (χ0) is 15.5. The summed E-state index contributed by atoms with van der Waals surface area (Å²) in [4.78, 5) is 23.5. The summed E-state index contributed by atoms with van der Waals surface area (Å²) in [5, 5.41) is 12.1. The molecule has 0 bridgehead atoms. The molecular formula is C18H23NO3. The lowest BCUT2D eigenvalue weighted by Crippen LogP contribution is -2.30. The van der Waals surface area contributed by atoms with Crippen molar-refractivity contribution in [3.63, 3.8) is 0 Å². The van der Waals surface area contributed by atoms with E-state index in [-0.39, 0.29) is 17.7 Å². The van der Waals surface area contributed by atoms with Crippen LogP contribution in [0.5, 0.6) is 0 Å². The number of aryl methyl sites for hydroxylation is 1. The molecule has 0 atom stereocenters. The molecule has 3 rings (SSSR count). The first-order valence-electron chi connectivity index (χ1n) is 8.29. The third kappa shape index (κ3) is 3.16. The average Bonchev–Trinajstić information content (AvgIpc) is 2.55. The van der Waals surface area contributed by atoms with Crippen LogP contribution in [-0.4, -0.2) is 17.0 Å². The average molecular weight is 301 g/mol. The summed E-state index contributed by atoms with van der Waals surface area (Å²) < 4.78 is 0. The number of aliphatic carboxylic acids is 1. The predicted molar refractivity (Wildman–Crippen MR) is 84.8 cm³/mol. The van der Waals surface area contributed by atoms with Gasteiger partial charge in [-0.1, -0.05) is 12.1 Å². The van der Waals surface area contributed by atoms with Gasteiger partial charge in [0.15, 0.2) is 0 Å². The molecule has 2 N–H and O–H groups in total. The number of carbonyl (C=O) groups is 2. The molecule has 1 aromatic rings. The van der Waals surface area contributed by atoms with Crippen molar-refractivity contribution in [1.82, 2.24) is 0 Å². The zero-order valence-corrected chi connectivity index (χ0v) is 12.8. The van der Waals surface area contributed by atoms with E-state index in [1.807, 2.05) is 12.1 Å². The van der Waals surface area contributed by atoms with Crippen molar-refractivity contribution >= 4 is 17.6 Å². The van der Waals surface area contributed by atoms with Gasteiger partial charge in [0.1, 0.15) is 0 Å². The summed E-state index contributed by atoms with van der Waals surface area (Å²) in [5.74, 6) is -0.984. The van der Waals surface area contributed by atoms with Crippen LogP contribution in [0.1, 0.15) is 49.7 Å². The normalized spacial score (nSPS) is 24.4. The van der Waals surface area contributed by atoms with Crippen molar-refractivity contribution in [3.05, 3.63) is 29.3 Å². The molecular weight excluding hydrogens is 278 g/mol. The molecule has 0 aliphatic heterocycles. The Morgan fingerprint density at radius 1 is 1.00 bits per heavy atom. The number of carboxylic acids is 1. The maximum atomic E-state index is 12.5. The van der Waals surface area contributed by atoms with Crippen LogP contribution >= 0.6 is 0 Å². The number of rotatable bonds is 3. The summed E-state index contributed by atoms with van der Waals surface area (Å²) in [6.45, 7) is 0. The van der Waals surface area contributed by atoms with Crippen molar-refractivity contribution in [2.75, 3.05) is 5.32 Å². The van der Waals surface area contributed by atoms with E-state index in [2.05, 4.69) is 11.4 Å². The van der Waals surface area contributed by atoms with Gasteiger partial charge in [0.2, 0.25) is 5.91 Å². The zero-order valence-electron chi connectivity index (χ0n) is 12.8. The van der Waals surface area contributed by atoms with E-state index in [0.29, 0.717) is 25.7 Å². The second-order valence-corrected chi connectivity index (χ2v) is 6.53. The fraction of sp³-hybridized carbons (Fsp3) is 0.556. The van der Waals surface area contributed by atoms with Crippen molar-refractivity contribution in [3.8, 4) is 0 Å². The highest BCUT2D eigenvalue weighted by Crippen LogP contribution is 2.32. The van der Waals surface area contributed by atoms with Gasteiger partial charge < -0.3 is 10.4 Å². The first kappa shape index (κ1) is 15.1. The maximum Gasteiger partial charge on any atom is 0.306 e. The quantitative estimate of drug-likeness (QED) is 0.899. The van der Waals surface area contributed by atoms with E-state index >= 15 is 0 Å². The van der Waals surface area contributed by atoms with Crippen molar-refractivity contribution in [2.45, 2.75) is 51.4 Å². The molecule has 0 aromatic heterocycles.